The maximum absolute atomic E-state index is 16.7. The summed E-state index contributed by atoms with van der Waals surface area (Å²) in [6.07, 6.45) is 0. The molecule has 11 aromatic carbocycles. The van der Waals surface area contributed by atoms with Crippen molar-refractivity contribution in [2.45, 2.75) is 38.5 Å². The Labute approximate surface area is 397 Å². The molecule has 11 aromatic rings. The monoisotopic (exact) mass is 910 g/mol. The van der Waals surface area contributed by atoms with E-state index in [9.17, 15) is 0 Å². The molecule has 0 aromatic heterocycles. The fourth-order valence-electron chi connectivity index (χ4n) is 12.1. The van der Waals surface area contributed by atoms with Gasteiger partial charge in [0.1, 0.15) is 0 Å². The minimum Gasteiger partial charge on any atom is -0.309 e. The highest BCUT2D eigenvalue weighted by atomic mass is 31.2. The molecule has 0 spiro atoms. The van der Waals surface area contributed by atoms with Crippen LogP contribution >= 0.6 is 14.3 Å². The zero-order valence-corrected chi connectivity index (χ0v) is 40.3. The summed E-state index contributed by atoms with van der Waals surface area (Å²) in [7, 11) is -6.89. The van der Waals surface area contributed by atoms with Crippen molar-refractivity contribution < 1.29 is 9.13 Å². The lowest BCUT2D eigenvalue weighted by Gasteiger charge is -2.26. The smallest absolute Gasteiger partial charge is 0.172 e. The summed E-state index contributed by atoms with van der Waals surface area (Å²) in [5.41, 5.74) is 8.94. The van der Waals surface area contributed by atoms with Crippen molar-refractivity contribution in [2.75, 3.05) is 0 Å². The highest BCUT2D eigenvalue weighted by Crippen LogP contribution is 2.58. The lowest BCUT2D eigenvalue weighted by Crippen LogP contribution is -2.27. The predicted molar refractivity (Wildman–Crippen MR) is 290 cm³/mol. The Morgan fingerprint density at radius 3 is 0.853 bits per heavy atom. The Morgan fingerprint density at radius 2 is 0.544 bits per heavy atom. The first-order valence-corrected chi connectivity index (χ1v) is 27.0. The summed E-state index contributed by atoms with van der Waals surface area (Å²) in [5, 5.41) is 13.5. The third-order valence-electron chi connectivity index (χ3n) is 15.6. The maximum atomic E-state index is 16.7. The average molecular weight is 911 g/mol. The third-order valence-corrected chi connectivity index (χ3v) is 21.9. The van der Waals surface area contributed by atoms with Gasteiger partial charge >= 0.3 is 0 Å². The Hall–Kier alpha value is -7.08. The molecular formula is C64H48O2P2. The van der Waals surface area contributed by atoms with E-state index in [1.54, 1.807) is 0 Å². The molecule has 0 saturated carbocycles. The molecule has 13 rings (SSSR count). The largest absolute Gasteiger partial charge is 0.309 e. The topological polar surface area (TPSA) is 34.1 Å². The number of hydrogen-bond donors (Lipinski definition) is 0. The van der Waals surface area contributed by atoms with Crippen molar-refractivity contribution in [3.05, 3.63) is 241 Å². The van der Waals surface area contributed by atoms with E-state index < -0.39 is 14.3 Å². The Morgan fingerprint density at radius 1 is 0.279 bits per heavy atom. The van der Waals surface area contributed by atoms with Crippen LogP contribution < -0.4 is 31.8 Å². The van der Waals surface area contributed by atoms with E-state index in [-0.39, 0.29) is 10.8 Å². The zero-order chi connectivity index (χ0) is 46.2. The molecule has 0 atom stereocenters. The van der Waals surface area contributed by atoms with Crippen molar-refractivity contribution in [2.24, 2.45) is 0 Å². The van der Waals surface area contributed by atoms with Gasteiger partial charge in [-0.3, -0.25) is 0 Å². The molecule has 326 valence electrons. The number of benzene rings is 11. The van der Waals surface area contributed by atoms with Gasteiger partial charge in [0.05, 0.1) is 0 Å². The second kappa shape index (κ2) is 14.7. The molecule has 0 aliphatic heterocycles. The van der Waals surface area contributed by atoms with Gasteiger partial charge in [-0.2, -0.15) is 0 Å². The van der Waals surface area contributed by atoms with Crippen molar-refractivity contribution in [3.63, 3.8) is 0 Å². The van der Waals surface area contributed by atoms with Gasteiger partial charge in [-0.25, -0.2) is 0 Å². The van der Waals surface area contributed by atoms with Gasteiger partial charge in [-0.1, -0.05) is 222 Å². The van der Waals surface area contributed by atoms with Gasteiger partial charge in [-0.05, 0) is 112 Å². The van der Waals surface area contributed by atoms with Gasteiger partial charge in [0.15, 0.2) is 14.3 Å². The van der Waals surface area contributed by atoms with Gasteiger partial charge in [-0.15, -0.1) is 0 Å². The van der Waals surface area contributed by atoms with Crippen LogP contribution in [0.25, 0.3) is 65.3 Å². The second-order valence-corrected chi connectivity index (χ2v) is 25.3. The molecule has 2 aliphatic rings. The second-order valence-electron chi connectivity index (χ2n) is 19.9. The quantitative estimate of drug-likeness (QED) is 0.156. The van der Waals surface area contributed by atoms with E-state index in [4.69, 9.17) is 0 Å². The van der Waals surface area contributed by atoms with E-state index in [1.165, 1.54) is 44.5 Å². The van der Waals surface area contributed by atoms with Gasteiger partial charge in [0.2, 0.25) is 0 Å². The molecule has 0 radical (unpaired) electrons. The van der Waals surface area contributed by atoms with Crippen molar-refractivity contribution >= 4 is 89.2 Å². The first kappa shape index (κ1) is 41.1. The molecule has 0 amide bonds. The summed E-state index contributed by atoms with van der Waals surface area (Å²) in [5.74, 6) is 0. The van der Waals surface area contributed by atoms with Crippen LogP contribution in [0.4, 0.5) is 0 Å². The van der Waals surface area contributed by atoms with E-state index in [0.29, 0.717) is 0 Å². The summed E-state index contributed by atoms with van der Waals surface area (Å²) < 4.78 is 33.4. The Bertz CT molecular complexity index is 3610. The van der Waals surface area contributed by atoms with Crippen molar-refractivity contribution in [3.8, 4) is 22.3 Å². The summed E-state index contributed by atoms with van der Waals surface area (Å²) in [6, 6.07) is 76.5. The molecule has 68 heavy (non-hydrogen) atoms. The first-order valence-electron chi connectivity index (χ1n) is 23.6. The maximum Gasteiger partial charge on any atom is 0.172 e. The van der Waals surface area contributed by atoms with E-state index in [1.807, 2.05) is 0 Å². The van der Waals surface area contributed by atoms with Crippen LogP contribution in [-0.4, -0.2) is 0 Å². The fourth-order valence-corrected chi connectivity index (χ4v) is 18.3. The lowest BCUT2D eigenvalue weighted by atomic mass is 9.79. The standard InChI is InChI=1S/C64H48O2P2/c1-63(2)55-37-45(67(65,59-29-13-21-41-17-5-9-25-47(41)59)60-30-14-22-42-18-6-10-26-48(42)60)33-35-51(55)53-40-58-54(39-57(53)63)52-36-34-46(38-56(52)64(58,3)4)68(66,61-31-15-23-43-19-7-11-27-49(43)61)62-32-16-24-44-20-8-12-28-50(44)62/h5-40H,1-4H3. The zero-order valence-electron chi connectivity index (χ0n) is 38.5. The van der Waals surface area contributed by atoms with Crippen LogP contribution in [0.1, 0.15) is 49.9 Å². The third kappa shape index (κ3) is 5.66. The molecule has 2 nitrogen and oxygen atoms in total. The minimum absolute atomic E-state index is 0.386. The molecular weight excluding hydrogens is 863 g/mol. The van der Waals surface area contributed by atoms with E-state index in [0.717, 1.165) is 74.9 Å². The van der Waals surface area contributed by atoms with Crippen LogP contribution in [0.3, 0.4) is 0 Å². The first-order chi connectivity index (χ1) is 33.0. The van der Waals surface area contributed by atoms with Crippen LogP contribution in [0.5, 0.6) is 0 Å². The molecule has 4 heteroatoms. The number of fused-ring (bicyclic) bond motifs is 10. The van der Waals surface area contributed by atoms with Crippen LogP contribution in [0.2, 0.25) is 0 Å². The minimum atomic E-state index is -3.44. The Kier molecular flexibility index (Phi) is 8.90. The highest BCUT2D eigenvalue weighted by molar-refractivity contribution is 7.86. The fraction of sp³-hybridized carbons (Fsp3) is 0.0938. The summed E-state index contributed by atoms with van der Waals surface area (Å²) in [4.78, 5) is 0. The van der Waals surface area contributed by atoms with E-state index in [2.05, 4.69) is 246 Å². The van der Waals surface area contributed by atoms with Crippen LogP contribution in [-0.2, 0) is 20.0 Å². The number of hydrogen-bond acceptors (Lipinski definition) is 2. The molecule has 0 N–H and O–H groups in total. The molecule has 0 heterocycles. The van der Waals surface area contributed by atoms with Crippen LogP contribution in [0, 0.1) is 0 Å². The van der Waals surface area contributed by atoms with Crippen LogP contribution in [0.15, 0.2) is 218 Å². The van der Waals surface area contributed by atoms with E-state index >= 15 is 9.13 Å². The molecule has 0 unspecified atom stereocenters. The highest BCUT2D eigenvalue weighted by Gasteiger charge is 2.44. The van der Waals surface area contributed by atoms with Gasteiger partial charge in [0, 0.05) is 42.7 Å². The van der Waals surface area contributed by atoms with Crippen molar-refractivity contribution in [1.82, 2.24) is 0 Å². The van der Waals surface area contributed by atoms with Gasteiger partial charge < -0.3 is 9.13 Å². The molecule has 0 bridgehead atoms. The van der Waals surface area contributed by atoms with Crippen molar-refractivity contribution in [1.29, 1.82) is 0 Å². The molecule has 0 saturated heterocycles. The summed E-state index contributed by atoms with van der Waals surface area (Å²) >= 11 is 0. The average Bonchev–Trinajstić information content (AvgIpc) is 3.74. The predicted octanol–water partition coefficient (Wildman–Crippen LogP) is 14.2. The number of rotatable bonds is 6. The normalized spacial score (nSPS) is 14.5. The Balaban J connectivity index is 0.974. The summed E-state index contributed by atoms with van der Waals surface area (Å²) in [6.45, 7) is 9.29. The molecule has 0 fully saturated rings. The SMILES string of the molecule is CC1(C)c2cc(P(=O)(c3cccc4ccccc34)c3cccc4ccccc34)ccc2-c2cc3c(cc21)-c1ccc(P(=O)(c2cccc4ccccc24)c2cccc4ccccc24)cc1C3(C)C. The molecule has 2 aliphatic carbocycles. The lowest BCUT2D eigenvalue weighted by molar-refractivity contribution is 0.592. The van der Waals surface area contributed by atoms with Gasteiger partial charge in [0.25, 0.3) is 0 Å².